The summed E-state index contributed by atoms with van der Waals surface area (Å²) in [6, 6.07) is 39.6. The van der Waals surface area contributed by atoms with Gasteiger partial charge in [-0.1, -0.05) is 97.1 Å². The summed E-state index contributed by atoms with van der Waals surface area (Å²) in [6.45, 7) is 0. The molecule has 2 aromatic heterocycles. The van der Waals surface area contributed by atoms with Crippen LogP contribution in [0.15, 0.2) is 130 Å². The third-order valence-corrected chi connectivity index (χ3v) is 8.33. The van der Waals surface area contributed by atoms with Gasteiger partial charge in [0, 0.05) is 37.4 Å². The molecule has 1 aliphatic rings. The van der Waals surface area contributed by atoms with Crippen LogP contribution < -0.4 is 5.32 Å². The van der Waals surface area contributed by atoms with E-state index in [1.54, 1.807) is 11.3 Å². The molecule has 0 saturated carbocycles. The molecule has 0 amide bonds. The van der Waals surface area contributed by atoms with Crippen LogP contribution >= 0.6 is 11.3 Å². The first kappa shape index (κ1) is 21.4. The average Bonchev–Trinajstić information content (AvgIpc) is 3.56. The van der Waals surface area contributed by atoms with Crippen molar-refractivity contribution in [2.75, 3.05) is 0 Å². The largest absolute Gasteiger partial charge is 0.455 e. The fourth-order valence-electron chi connectivity index (χ4n) is 5.34. The Balaban J connectivity index is 1.43. The van der Waals surface area contributed by atoms with Gasteiger partial charge in [-0.15, -0.1) is 11.3 Å². The first-order chi connectivity index (χ1) is 18.8. The third kappa shape index (κ3) is 3.29. The lowest BCUT2D eigenvalue weighted by atomic mass is 10.0. The first-order valence-corrected chi connectivity index (χ1v) is 13.4. The molecule has 5 heteroatoms. The minimum absolute atomic E-state index is 0.344. The predicted octanol–water partition coefficient (Wildman–Crippen LogP) is 8.45. The molecule has 1 aliphatic heterocycles. The van der Waals surface area contributed by atoms with E-state index in [2.05, 4.69) is 72.0 Å². The van der Waals surface area contributed by atoms with Gasteiger partial charge in [0.1, 0.15) is 22.8 Å². The molecule has 1 unspecified atom stereocenters. The number of para-hydroxylation sites is 1. The van der Waals surface area contributed by atoms with Gasteiger partial charge >= 0.3 is 0 Å². The molecule has 0 fully saturated rings. The smallest absolute Gasteiger partial charge is 0.169 e. The van der Waals surface area contributed by atoms with Gasteiger partial charge in [-0.05, 0) is 23.8 Å². The highest BCUT2D eigenvalue weighted by Gasteiger charge is 2.25. The van der Waals surface area contributed by atoms with Crippen molar-refractivity contribution in [1.29, 1.82) is 0 Å². The van der Waals surface area contributed by atoms with Crippen molar-refractivity contribution in [3.63, 3.8) is 0 Å². The van der Waals surface area contributed by atoms with Crippen LogP contribution in [0.25, 0.3) is 42.1 Å². The van der Waals surface area contributed by atoms with Crippen molar-refractivity contribution in [2.45, 2.75) is 6.17 Å². The Kier molecular flexibility index (Phi) is 4.72. The number of nitrogens with one attached hydrogen (secondary N) is 1. The zero-order valence-corrected chi connectivity index (χ0v) is 21.1. The number of nitrogens with zero attached hydrogens (tertiary/aromatic N) is 2. The van der Waals surface area contributed by atoms with Gasteiger partial charge in [0.15, 0.2) is 6.17 Å². The fraction of sp³-hybridized carbons (Fsp3) is 0.0303. The Hall–Kier alpha value is -4.74. The molecule has 38 heavy (non-hydrogen) atoms. The second kappa shape index (κ2) is 8.40. The van der Waals surface area contributed by atoms with Crippen molar-refractivity contribution < 1.29 is 4.42 Å². The van der Waals surface area contributed by atoms with Gasteiger partial charge in [-0.2, -0.15) is 0 Å². The molecule has 0 spiro atoms. The van der Waals surface area contributed by atoms with Gasteiger partial charge < -0.3 is 9.73 Å². The maximum atomic E-state index is 6.48. The second-order valence-electron chi connectivity index (χ2n) is 9.43. The Morgan fingerprint density at radius 1 is 0.658 bits per heavy atom. The van der Waals surface area contributed by atoms with Gasteiger partial charge in [-0.25, -0.2) is 9.98 Å². The summed E-state index contributed by atoms with van der Waals surface area (Å²) in [4.78, 5) is 10.2. The molecule has 1 N–H and O–H groups in total. The number of amidine groups is 2. The standard InChI is InChI=1S/C33H21N3OS/c1-3-11-20(12-4-1)31-34-32(21-13-5-2-6-14-21)36-33(35-31)25-19-24-22-15-7-9-17-26(22)37-29(24)28-23-16-8-10-18-27(23)38-30(25)28/h1-19,31H,(H,34,35,36). The highest BCUT2D eigenvalue weighted by Crippen LogP contribution is 2.44. The minimum Gasteiger partial charge on any atom is -0.455 e. The highest BCUT2D eigenvalue weighted by molar-refractivity contribution is 7.26. The number of thiophene rings is 1. The zero-order valence-electron chi connectivity index (χ0n) is 20.3. The van der Waals surface area contributed by atoms with E-state index in [1.165, 1.54) is 10.1 Å². The molecular weight excluding hydrogens is 486 g/mol. The molecule has 7 aromatic rings. The normalized spacial score (nSPS) is 15.6. The van der Waals surface area contributed by atoms with Crippen LogP contribution in [0.5, 0.6) is 0 Å². The quantitative estimate of drug-likeness (QED) is 0.261. The number of rotatable bonds is 3. The summed E-state index contributed by atoms with van der Waals surface area (Å²) in [6.07, 6.45) is -0.344. The first-order valence-electron chi connectivity index (χ1n) is 12.6. The Labute approximate surface area is 222 Å². The maximum Gasteiger partial charge on any atom is 0.169 e. The maximum absolute atomic E-state index is 6.48. The van der Waals surface area contributed by atoms with E-state index in [1.807, 2.05) is 48.5 Å². The van der Waals surface area contributed by atoms with Crippen molar-refractivity contribution in [3.8, 4) is 0 Å². The molecule has 3 heterocycles. The molecule has 0 aliphatic carbocycles. The molecule has 0 radical (unpaired) electrons. The minimum atomic E-state index is -0.344. The molecule has 0 saturated heterocycles. The molecule has 4 nitrogen and oxygen atoms in total. The number of fused-ring (bicyclic) bond motifs is 7. The molecule has 0 bridgehead atoms. The highest BCUT2D eigenvalue weighted by atomic mass is 32.1. The van der Waals surface area contributed by atoms with E-state index in [-0.39, 0.29) is 6.17 Å². The van der Waals surface area contributed by atoms with Crippen LogP contribution in [-0.2, 0) is 0 Å². The lowest BCUT2D eigenvalue weighted by molar-refractivity contribution is 0.673. The molecule has 180 valence electrons. The van der Waals surface area contributed by atoms with Crippen LogP contribution in [0.1, 0.15) is 22.9 Å². The van der Waals surface area contributed by atoms with E-state index in [4.69, 9.17) is 14.4 Å². The summed E-state index contributed by atoms with van der Waals surface area (Å²) in [5, 5.41) is 8.14. The SMILES string of the molecule is c1ccc(C2=NC(c3ccccc3)N=C(c3cc4c5ccccc5oc4c4c3sc3ccccc34)N2)cc1. The molecule has 8 rings (SSSR count). The summed E-state index contributed by atoms with van der Waals surface area (Å²) >= 11 is 1.78. The Morgan fingerprint density at radius 2 is 1.34 bits per heavy atom. The summed E-state index contributed by atoms with van der Waals surface area (Å²) < 4.78 is 8.86. The number of hydrogen-bond acceptors (Lipinski definition) is 5. The van der Waals surface area contributed by atoms with Gasteiger partial charge in [0.05, 0.1) is 4.70 Å². The van der Waals surface area contributed by atoms with Crippen LogP contribution in [0, 0.1) is 0 Å². The van der Waals surface area contributed by atoms with Crippen LogP contribution in [-0.4, -0.2) is 11.7 Å². The lowest BCUT2D eigenvalue weighted by Crippen LogP contribution is -2.36. The number of hydrogen-bond donors (Lipinski definition) is 1. The van der Waals surface area contributed by atoms with E-state index < -0.39 is 0 Å². The van der Waals surface area contributed by atoms with E-state index in [0.717, 1.165) is 60.4 Å². The van der Waals surface area contributed by atoms with Crippen molar-refractivity contribution in [1.82, 2.24) is 5.32 Å². The summed E-state index contributed by atoms with van der Waals surface area (Å²) in [5.74, 6) is 1.63. The van der Waals surface area contributed by atoms with E-state index in [9.17, 15) is 0 Å². The summed E-state index contributed by atoms with van der Waals surface area (Å²) in [7, 11) is 0. The van der Waals surface area contributed by atoms with Crippen LogP contribution in [0.4, 0.5) is 0 Å². The number of benzene rings is 5. The number of aliphatic imine (C=N–C) groups is 2. The Bertz CT molecular complexity index is 2050. The predicted molar refractivity (Wildman–Crippen MR) is 158 cm³/mol. The lowest BCUT2D eigenvalue weighted by Gasteiger charge is -2.22. The third-order valence-electron chi connectivity index (χ3n) is 7.13. The van der Waals surface area contributed by atoms with Gasteiger partial charge in [-0.3, -0.25) is 0 Å². The zero-order chi connectivity index (χ0) is 25.1. The summed E-state index contributed by atoms with van der Waals surface area (Å²) in [5.41, 5.74) is 4.97. The van der Waals surface area contributed by atoms with Crippen molar-refractivity contribution >= 4 is 65.1 Å². The van der Waals surface area contributed by atoms with E-state index in [0.29, 0.717) is 0 Å². The van der Waals surface area contributed by atoms with Crippen molar-refractivity contribution in [2.24, 2.45) is 9.98 Å². The topological polar surface area (TPSA) is 49.9 Å². The molecule has 5 aromatic carbocycles. The molecule has 1 atom stereocenters. The number of furan rings is 1. The van der Waals surface area contributed by atoms with Crippen LogP contribution in [0.2, 0.25) is 0 Å². The van der Waals surface area contributed by atoms with Gasteiger partial charge in [0.2, 0.25) is 0 Å². The average molecular weight is 508 g/mol. The van der Waals surface area contributed by atoms with E-state index >= 15 is 0 Å². The van der Waals surface area contributed by atoms with Crippen molar-refractivity contribution in [3.05, 3.63) is 132 Å². The molecular formula is C33H21N3OS. The Morgan fingerprint density at radius 3 is 2.18 bits per heavy atom. The monoisotopic (exact) mass is 507 g/mol. The second-order valence-corrected chi connectivity index (χ2v) is 10.5. The van der Waals surface area contributed by atoms with Gasteiger partial charge in [0.25, 0.3) is 0 Å². The van der Waals surface area contributed by atoms with Crippen LogP contribution in [0.3, 0.4) is 0 Å². The fourth-order valence-corrected chi connectivity index (χ4v) is 6.56.